The van der Waals surface area contributed by atoms with Crippen molar-refractivity contribution in [3.05, 3.63) is 52.3 Å². The maximum atomic E-state index is 13.5. The van der Waals surface area contributed by atoms with Gasteiger partial charge in [-0.3, -0.25) is 19.1 Å². The molecule has 180 valence electrons. The molecule has 1 saturated heterocycles. The topological polar surface area (TPSA) is 87.5 Å². The number of fused-ring (bicyclic) bond motifs is 1. The second-order valence-electron chi connectivity index (χ2n) is 10.00. The average molecular weight is 464 g/mol. The number of aryl methyl sites for hydroxylation is 2. The van der Waals surface area contributed by atoms with Gasteiger partial charge in [-0.2, -0.15) is 5.10 Å². The largest absolute Gasteiger partial charge is 0.353 e. The van der Waals surface area contributed by atoms with Crippen molar-refractivity contribution in [3.8, 4) is 0 Å². The summed E-state index contributed by atoms with van der Waals surface area (Å²) in [5.74, 6) is -0.165. The van der Waals surface area contributed by atoms with Crippen molar-refractivity contribution in [2.75, 3.05) is 19.6 Å². The summed E-state index contributed by atoms with van der Waals surface area (Å²) in [6.45, 7) is 4.11. The number of amides is 3. The molecule has 2 fully saturated rings. The molecule has 1 N–H and O–H groups in total. The van der Waals surface area contributed by atoms with Crippen LogP contribution in [-0.2, 0) is 36.0 Å². The summed E-state index contributed by atoms with van der Waals surface area (Å²) in [6, 6.07) is 8.35. The van der Waals surface area contributed by atoms with Crippen molar-refractivity contribution in [3.63, 3.8) is 0 Å². The number of nitrogens with one attached hydrogen (secondary N) is 1. The van der Waals surface area contributed by atoms with Gasteiger partial charge in [-0.15, -0.1) is 0 Å². The quantitative estimate of drug-likeness (QED) is 0.735. The fourth-order valence-electron chi connectivity index (χ4n) is 5.04. The number of hydrogen-bond donors (Lipinski definition) is 1. The molecule has 3 heterocycles. The van der Waals surface area contributed by atoms with Crippen molar-refractivity contribution in [2.45, 2.75) is 58.0 Å². The lowest BCUT2D eigenvalue weighted by Crippen LogP contribution is -2.46. The standard InChI is InChI=1S/C26H33N5O3/c1-17-5-7-18(8-6-17)14-23(32)30-13-11-22-21(16-30)24(28-29(22)2)26(34)31-12-3-4-19(15-31)25(33)27-20-9-10-20/h5-8,19-20H,3-4,9-16H2,1-2H3,(H,27,33)/t19-/m1/s1. The lowest BCUT2D eigenvalue weighted by molar-refractivity contribution is -0.131. The predicted molar refractivity (Wildman–Crippen MR) is 127 cm³/mol. The van der Waals surface area contributed by atoms with Crippen molar-refractivity contribution in [1.29, 1.82) is 0 Å². The van der Waals surface area contributed by atoms with Gasteiger partial charge in [0.15, 0.2) is 5.69 Å². The van der Waals surface area contributed by atoms with E-state index >= 15 is 0 Å². The van der Waals surface area contributed by atoms with Crippen LogP contribution in [0.25, 0.3) is 0 Å². The lowest BCUT2D eigenvalue weighted by atomic mass is 9.96. The Morgan fingerprint density at radius 3 is 2.56 bits per heavy atom. The number of hydrogen-bond acceptors (Lipinski definition) is 4. The van der Waals surface area contributed by atoms with Crippen LogP contribution in [0, 0.1) is 12.8 Å². The maximum absolute atomic E-state index is 13.5. The predicted octanol–water partition coefficient (Wildman–Crippen LogP) is 1.99. The molecule has 1 saturated carbocycles. The highest BCUT2D eigenvalue weighted by Crippen LogP contribution is 2.27. The van der Waals surface area contributed by atoms with Crippen molar-refractivity contribution >= 4 is 17.7 Å². The SMILES string of the molecule is Cc1ccc(CC(=O)N2CCc3c(c(C(=O)N4CCC[C@@H](C(=O)NC5CC5)C4)nn3C)C2)cc1. The molecule has 0 unspecified atom stereocenters. The second-order valence-corrected chi connectivity index (χ2v) is 10.00. The molecule has 3 amide bonds. The summed E-state index contributed by atoms with van der Waals surface area (Å²) in [5, 5.41) is 7.65. The molecule has 8 heteroatoms. The van der Waals surface area contributed by atoms with Gasteiger partial charge in [0.05, 0.1) is 12.3 Å². The highest BCUT2D eigenvalue weighted by Gasteiger charge is 2.35. The molecule has 0 spiro atoms. The minimum atomic E-state index is -0.162. The first-order valence-corrected chi connectivity index (χ1v) is 12.4. The molecule has 0 radical (unpaired) electrons. The first-order chi connectivity index (χ1) is 16.4. The summed E-state index contributed by atoms with van der Waals surface area (Å²) in [5.41, 5.74) is 4.45. The maximum Gasteiger partial charge on any atom is 0.274 e. The van der Waals surface area contributed by atoms with Gasteiger partial charge < -0.3 is 15.1 Å². The Bertz CT molecular complexity index is 1100. The van der Waals surface area contributed by atoms with Gasteiger partial charge in [-0.1, -0.05) is 29.8 Å². The van der Waals surface area contributed by atoms with Gasteiger partial charge in [0, 0.05) is 56.9 Å². The minimum Gasteiger partial charge on any atom is -0.353 e. The summed E-state index contributed by atoms with van der Waals surface area (Å²) < 4.78 is 1.78. The number of carbonyl (C=O) groups is 3. The first-order valence-electron chi connectivity index (χ1n) is 12.4. The Labute approximate surface area is 200 Å². The van der Waals surface area contributed by atoms with Gasteiger partial charge in [0.1, 0.15) is 0 Å². The van der Waals surface area contributed by atoms with E-state index in [1.165, 1.54) is 5.56 Å². The van der Waals surface area contributed by atoms with Gasteiger partial charge in [0.25, 0.3) is 5.91 Å². The summed E-state index contributed by atoms with van der Waals surface area (Å²) >= 11 is 0. The van der Waals surface area contributed by atoms with Gasteiger partial charge in [0.2, 0.25) is 11.8 Å². The van der Waals surface area contributed by atoms with E-state index in [1.807, 2.05) is 43.1 Å². The number of piperidine rings is 1. The Morgan fingerprint density at radius 2 is 1.82 bits per heavy atom. The van der Waals surface area contributed by atoms with Crippen LogP contribution >= 0.6 is 0 Å². The molecule has 1 aromatic carbocycles. The number of nitrogens with zero attached hydrogens (tertiary/aromatic N) is 4. The van der Waals surface area contributed by atoms with E-state index in [2.05, 4.69) is 10.4 Å². The average Bonchev–Trinajstić information content (AvgIpc) is 3.60. The second kappa shape index (κ2) is 9.24. The van der Waals surface area contributed by atoms with Gasteiger partial charge >= 0.3 is 0 Å². The van der Waals surface area contributed by atoms with Crippen LogP contribution in [0.5, 0.6) is 0 Å². The number of benzene rings is 1. The minimum absolute atomic E-state index is 0.0616. The van der Waals surface area contributed by atoms with E-state index in [-0.39, 0.29) is 23.6 Å². The van der Waals surface area contributed by atoms with Crippen LogP contribution in [0.4, 0.5) is 0 Å². The third-order valence-electron chi connectivity index (χ3n) is 7.28. The zero-order chi connectivity index (χ0) is 23.8. The Hall–Kier alpha value is -3.16. The number of aromatic nitrogens is 2. The van der Waals surface area contributed by atoms with Gasteiger partial charge in [-0.05, 0) is 38.2 Å². The number of carbonyl (C=O) groups excluding carboxylic acids is 3. The monoisotopic (exact) mass is 463 g/mol. The van der Waals surface area contributed by atoms with E-state index in [9.17, 15) is 14.4 Å². The Balaban J connectivity index is 1.28. The third-order valence-corrected chi connectivity index (χ3v) is 7.28. The van der Waals surface area contributed by atoms with Crippen LogP contribution in [0.3, 0.4) is 0 Å². The number of rotatable bonds is 5. The molecule has 5 rings (SSSR count). The summed E-state index contributed by atoms with van der Waals surface area (Å²) in [4.78, 5) is 42.7. The molecule has 2 aromatic rings. The van der Waals surface area contributed by atoms with Crippen LogP contribution in [-0.4, -0.2) is 63.0 Å². The van der Waals surface area contributed by atoms with Crippen LogP contribution in [0.1, 0.15) is 58.6 Å². The van der Waals surface area contributed by atoms with E-state index in [0.29, 0.717) is 50.8 Å². The Morgan fingerprint density at radius 1 is 1.06 bits per heavy atom. The van der Waals surface area contributed by atoms with E-state index in [4.69, 9.17) is 0 Å². The molecule has 3 aliphatic rings. The first kappa shape index (κ1) is 22.6. The summed E-state index contributed by atoms with van der Waals surface area (Å²) in [7, 11) is 1.86. The molecule has 8 nitrogen and oxygen atoms in total. The van der Waals surface area contributed by atoms with E-state index in [1.54, 1.807) is 9.58 Å². The summed E-state index contributed by atoms with van der Waals surface area (Å²) in [6.07, 6.45) is 4.76. The molecular formula is C26H33N5O3. The van der Waals surface area contributed by atoms with Gasteiger partial charge in [-0.25, -0.2) is 0 Å². The zero-order valence-electron chi connectivity index (χ0n) is 20.0. The Kier molecular flexibility index (Phi) is 6.15. The molecular weight excluding hydrogens is 430 g/mol. The van der Waals surface area contributed by atoms with Crippen LogP contribution in [0.2, 0.25) is 0 Å². The third kappa shape index (κ3) is 4.72. The molecule has 1 aliphatic carbocycles. The van der Waals surface area contributed by atoms with Crippen molar-refractivity contribution in [1.82, 2.24) is 24.9 Å². The zero-order valence-corrected chi connectivity index (χ0v) is 20.0. The highest BCUT2D eigenvalue weighted by atomic mass is 16.2. The molecule has 34 heavy (non-hydrogen) atoms. The van der Waals surface area contributed by atoms with Crippen molar-refractivity contribution < 1.29 is 14.4 Å². The normalized spacial score (nSPS) is 20.1. The fourth-order valence-corrected chi connectivity index (χ4v) is 5.04. The van der Waals surface area contributed by atoms with Crippen molar-refractivity contribution in [2.24, 2.45) is 13.0 Å². The molecule has 0 bridgehead atoms. The fraction of sp³-hybridized carbons (Fsp3) is 0.538. The smallest absolute Gasteiger partial charge is 0.274 e. The molecule has 1 aromatic heterocycles. The molecule has 2 aliphatic heterocycles. The number of likely N-dealkylation sites (tertiary alicyclic amines) is 1. The lowest BCUT2D eigenvalue weighted by Gasteiger charge is -2.32. The molecule has 1 atom stereocenters. The van der Waals surface area contributed by atoms with Crippen LogP contribution < -0.4 is 5.32 Å². The highest BCUT2D eigenvalue weighted by molar-refractivity contribution is 5.95. The van der Waals surface area contributed by atoms with E-state index in [0.717, 1.165) is 42.5 Å². The van der Waals surface area contributed by atoms with E-state index < -0.39 is 0 Å². The van der Waals surface area contributed by atoms with Crippen LogP contribution in [0.15, 0.2) is 24.3 Å².